The van der Waals surface area contributed by atoms with Gasteiger partial charge in [0.25, 0.3) is 0 Å². The summed E-state index contributed by atoms with van der Waals surface area (Å²) in [6, 6.07) is 1.82. The van der Waals surface area contributed by atoms with Crippen LogP contribution in [0, 0.1) is 0 Å². The molecule has 0 aromatic heterocycles. The molecule has 1 aromatic carbocycles. The maximum atomic E-state index is 12.6. The Balaban J connectivity index is 2.97. The van der Waals surface area contributed by atoms with Crippen LogP contribution < -0.4 is 16.0 Å². The highest BCUT2D eigenvalue weighted by Crippen LogP contribution is 2.38. The summed E-state index contributed by atoms with van der Waals surface area (Å²) in [7, 11) is 3.58. The van der Waals surface area contributed by atoms with Crippen molar-refractivity contribution in [2.75, 3.05) is 37.8 Å². The van der Waals surface area contributed by atoms with Gasteiger partial charge in [0.05, 0.1) is 22.0 Å². The van der Waals surface area contributed by atoms with Gasteiger partial charge < -0.3 is 16.0 Å². The first-order valence-electron chi connectivity index (χ1n) is 5.79. The highest BCUT2D eigenvalue weighted by Gasteiger charge is 2.32. The quantitative estimate of drug-likeness (QED) is 0.648. The minimum atomic E-state index is -4.44. The lowest BCUT2D eigenvalue weighted by Crippen LogP contribution is -2.23. The van der Waals surface area contributed by atoms with E-state index in [2.05, 4.69) is 5.32 Å². The van der Waals surface area contributed by atoms with Gasteiger partial charge in [0.1, 0.15) is 0 Å². The summed E-state index contributed by atoms with van der Waals surface area (Å²) in [5.41, 5.74) is 5.32. The number of rotatable bonds is 5. The molecule has 19 heavy (non-hydrogen) atoms. The summed E-state index contributed by atoms with van der Waals surface area (Å²) in [6.45, 7) is 1.46. The van der Waals surface area contributed by atoms with Gasteiger partial charge in [-0.3, -0.25) is 0 Å². The predicted molar refractivity (Wildman–Crippen MR) is 72.7 cm³/mol. The zero-order valence-corrected chi connectivity index (χ0v) is 11.6. The molecule has 0 aliphatic carbocycles. The van der Waals surface area contributed by atoms with E-state index >= 15 is 0 Å². The fourth-order valence-electron chi connectivity index (χ4n) is 1.79. The maximum Gasteiger partial charge on any atom is 0.416 e. The lowest BCUT2D eigenvalue weighted by Gasteiger charge is -2.23. The van der Waals surface area contributed by atoms with Crippen molar-refractivity contribution in [3.8, 4) is 0 Å². The molecule has 108 valence electrons. The summed E-state index contributed by atoms with van der Waals surface area (Å²) in [4.78, 5) is 1.76. The van der Waals surface area contributed by atoms with Crippen LogP contribution in [-0.4, -0.2) is 27.2 Å². The molecule has 0 radical (unpaired) electrons. The van der Waals surface area contributed by atoms with Crippen molar-refractivity contribution in [1.82, 2.24) is 5.32 Å². The Morgan fingerprint density at radius 2 is 2.00 bits per heavy atom. The molecule has 1 aromatic rings. The molecule has 0 atom stereocenters. The second-order valence-electron chi connectivity index (χ2n) is 4.27. The number of anilines is 2. The smallest absolute Gasteiger partial charge is 0.397 e. The number of halogens is 4. The molecule has 0 saturated carbocycles. The van der Waals surface area contributed by atoms with Crippen LogP contribution in [0.15, 0.2) is 12.1 Å². The Morgan fingerprint density at radius 1 is 1.37 bits per heavy atom. The molecule has 0 spiro atoms. The van der Waals surface area contributed by atoms with E-state index in [1.165, 1.54) is 0 Å². The topological polar surface area (TPSA) is 41.3 Å². The van der Waals surface area contributed by atoms with E-state index < -0.39 is 11.7 Å². The van der Waals surface area contributed by atoms with Crippen molar-refractivity contribution in [2.45, 2.75) is 12.6 Å². The van der Waals surface area contributed by atoms with Crippen LogP contribution >= 0.6 is 11.6 Å². The highest BCUT2D eigenvalue weighted by atomic mass is 35.5. The number of hydrogen-bond donors (Lipinski definition) is 2. The third kappa shape index (κ3) is 4.18. The second-order valence-corrected chi connectivity index (χ2v) is 4.68. The Labute approximate surface area is 115 Å². The Morgan fingerprint density at radius 3 is 2.47 bits per heavy atom. The van der Waals surface area contributed by atoms with Crippen molar-refractivity contribution in [3.05, 3.63) is 22.7 Å². The minimum Gasteiger partial charge on any atom is -0.397 e. The summed E-state index contributed by atoms with van der Waals surface area (Å²) >= 11 is 5.91. The van der Waals surface area contributed by atoms with Crippen LogP contribution in [0.25, 0.3) is 0 Å². The van der Waals surface area contributed by atoms with E-state index in [1.54, 1.807) is 11.9 Å². The summed E-state index contributed by atoms with van der Waals surface area (Å²) < 4.78 is 37.8. The number of nitrogens with one attached hydrogen (secondary N) is 1. The predicted octanol–water partition coefficient (Wildman–Crippen LogP) is 2.99. The Hall–Kier alpha value is -1.14. The zero-order chi connectivity index (χ0) is 14.6. The molecular weight excluding hydrogens is 279 g/mol. The first-order chi connectivity index (χ1) is 8.77. The number of hydrogen-bond acceptors (Lipinski definition) is 3. The van der Waals surface area contributed by atoms with Gasteiger partial charge in [0.15, 0.2) is 0 Å². The van der Waals surface area contributed by atoms with Crippen molar-refractivity contribution in [3.63, 3.8) is 0 Å². The van der Waals surface area contributed by atoms with E-state index in [0.717, 1.165) is 25.1 Å². The summed E-state index contributed by atoms with van der Waals surface area (Å²) in [6.07, 6.45) is -3.61. The lowest BCUT2D eigenvalue weighted by molar-refractivity contribution is -0.137. The molecule has 3 N–H and O–H groups in total. The van der Waals surface area contributed by atoms with Crippen molar-refractivity contribution >= 4 is 23.0 Å². The fourth-order valence-corrected chi connectivity index (χ4v) is 2.16. The minimum absolute atomic E-state index is 0.0132. The average molecular weight is 296 g/mol. The molecule has 0 fully saturated rings. The van der Waals surface area contributed by atoms with Crippen LogP contribution in [0.2, 0.25) is 5.02 Å². The van der Waals surface area contributed by atoms with E-state index in [4.69, 9.17) is 17.3 Å². The van der Waals surface area contributed by atoms with Gasteiger partial charge >= 0.3 is 6.18 Å². The third-order valence-electron chi connectivity index (χ3n) is 2.72. The molecule has 3 nitrogen and oxygen atoms in total. The molecule has 0 unspecified atom stereocenters. The summed E-state index contributed by atoms with van der Waals surface area (Å²) in [5, 5.41) is 3.01. The van der Waals surface area contributed by atoms with Gasteiger partial charge in [0.2, 0.25) is 0 Å². The van der Waals surface area contributed by atoms with E-state index in [1.807, 2.05) is 7.05 Å². The number of nitrogens with two attached hydrogens (primary N) is 1. The largest absolute Gasteiger partial charge is 0.416 e. The van der Waals surface area contributed by atoms with Crippen LogP contribution in [0.5, 0.6) is 0 Å². The van der Waals surface area contributed by atoms with Gasteiger partial charge in [-0.2, -0.15) is 13.2 Å². The highest BCUT2D eigenvalue weighted by molar-refractivity contribution is 6.34. The van der Waals surface area contributed by atoms with Crippen LogP contribution in [0.1, 0.15) is 12.0 Å². The molecule has 0 aliphatic heterocycles. The average Bonchev–Trinajstić information content (AvgIpc) is 2.27. The second kappa shape index (κ2) is 6.34. The van der Waals surface area contributed by atoms with Crippen LogP contribution in [0.4, 0.5) is 24.5 Å². The molecule has 0 amide bonds. The monoisotopic (exact) mass is 295 g/mol. The Kier molecular flexibility index (Phi) is 5.31. The number of nitrogens with zero attached hydrogens (tertiary/aromatic N) is 1. The van der Waals surface area contributed by atoms with E-state index in [-0.39, 0.29) is 10.7 Å². The van der Waals surface area contributed by atoms with Gasteiger partial charge in [-0.05, 0) is 32.1 Å². The normalized spacial score (nSPS) is 11.7. The van der Waals surface area contributed by atoms with Gasteiger partial charge in [-0.1, -0.05) is 11.6 Å². The number of alkyl halides is 3. The van der Waals surface area contributed by atoms with Crippen molar-refractivity contribution in [2.24, 2.45) is 0 Å². The molecule has 0 aliphatic rings. The summed E-state index contributed by atoms with van der Waals surface area (Å²) in [5.74, 6) is 0. The fraction of sp³-hybridized carbons (Fsp3) is 0.500. The molecule has 0 bridgehead atoms. The molecule has 0 saturated heterocycles. The first-order valence-corrected chi connectivity index (χ1v) is 6.17. The SMILES string of the molecule is CNCCCN(C)c1c(N)cc(C(F)(F)F)cc1Cl. The molecular formula is C12H17ClF3N3. The van der Waals surface area contributed by atoms with Crippen LogP contribution in [0.3, 0.4) is 0 Å². The number of benzene rings is 1. The van der Waals surface area contributed by atoms with Crippen molar-refractivity contribution < 1.29 is 13.2 Å². The van der Waals surface area contributed by atoms with E-state index in [9.17, 15) is 13.2 Å². The molecule has 1 rings (SSSR count). The number of nitrogen functional groups attached to an aromatic ring is 1. The van der Waals surface area contributed by atoms with Gasteiger partial charge in [-0.25, -0.2) is 0 Å². The van der Waals surface area contributed by atoms with Gasteiger partial charge in [0, 0.05) is 13.6 Å². The maximum absolute atomic E-state index is 12.6. The zero-order valence-electron chi connectivity index (χ0n) is 10.8. The molecule has 0 heterocycles. The van der Waals surface area contributed by atoms with Crippen molar-refractivity contribution in [1.29, 1.82) is 0 Å². The third-order valence-corrected chi connectivity index (χ3v) is 3.01. The van der Waals surface area contributed by atoms with Gasteiger partial charge in [-0.15, -0.1) is 0 Å². The first kappa shape index (κ1) is 15.9. The van der Waals surface area contributed by atoms with E-state index in [0.29, 0.717) is 12.2 Å². The lowest BCUT2D eigenvalue weighted by atomic mass is 10.1. The molecule has 7 heteroatoms. The Bertz CT molecular complexity index is 412. The van der Waals surface area contributed by atoms with Crippen LogP contribution in [-0.2, 0) is 6.18 Å². The standard InChI is InChI=1S/C12H17ClF3N3/c1-18-4-3-5-19(2)11-9(13)6-8(7-10(11)17)12(14,15)16/h6-7,18H,3-5,17H2,1-2H3.